The summed E-state index contributed by atoms with van der Waals surface area (Å²) >= 11 is 6.15. The Kier molecular flexibility index (Phi) is 4.92. The SMILES string of the molecule is CC(CCl)(NCc1ccccc1)c1nnc(-c2ccc(F)cc2)o1. The molecule has 3 rings (SSSR count). The summed E-state index contributed by atoms with van der Waals surface area (Å²) in [4.78, 5) is 0. The highest BCUT2D eigenvalue weighted by atomic mass is 35.5. The van der Waals surface area contributed by atoms with Crippen LogP contribution < -0.4 is 5.32 Å². The smallest absolute Gasteiger partial charge is 0.247 e. The van der Waals surface area contributed by atoms with Crippen LogP contribution in [0.4, 0.5) is 4.39 Å². The monoisotopic (exact) mass is 345 g/mol. The molecular formula is C18H17ClFN3O. The van der Waals surface area contributed by atoms with Crippen molar-refractivity contribution in [3.63, 3.8) is 0 Å². The number of benzene rings is 2. The molecule has 0 saturated carbocycles. The van der Waals surface area contributed by atoms with Gasteiger partial charge in [0.1, 0.15) is 11.4 Å². The van der Waals surface area contributed by atoms with Gasteiger partial charge in [-0.2, -0.15) is 0 Å². The third-order valence-electron chi connectivity index (χ3n) is 3.78. The van der Waals surface area contributed by atoms with Crippen LogP contribution in [0.25, 0.3) is 11.5 Å². The molecular weight excluding hydrogens is 329 g/mol. The molecule has 0 fully saturated rings. The van der Waals surface area contributed by atoms with Crippen molar-refractivity contribution in [1.29, 1.82) is 0 Å². The summed E-state index contributed by atoms with van der Waals surface area (Å²) in [6.45, 7) is 2.53. The Morgan fingerprint density at radius 3 is 2.46 bits per heavy atom. The number of rotatable bonds is 6. The fraction of sp³-hybridized carbons (Fsp3) is 0.222. The molecule has 0 bridgehead atoms. The second-order valence-electron chi connectivity index (χ2n) is 5.72. The van der Waals surface area contributed by atoms with Gasteiger partial charge < -0.3 is 4.42 Å². The third-order valence-corrected chi connectivity index (χ3v) is 4.32. The first-order chi connectivity index (χ1) is 11.6. The summed E-state index contributed by atoms with van der Waals surface area (Å²) in [5.74, 6) is 0.689. The molecule has 0 saturated heterocycles. The van der Waals surface area contributed by atoms with Gasteiger partial charge in [-0.3, -0.25) is 5.32 Å². The van der Waals surface area contributed by atoms with Crippen molar-refractivity contribution in [1.82, 2.24) is 15.5 Å². The highest BCUT2D eigenvalue weighted by Gasteiger charge is 2.31. The largest absolute Gasteiger partial charge is 0.419 e. The maximum atomic E-state index is 13.0. The van der Waals surface area contributed by atoms with Crippen LogP contribution in [0, 0.1) is 5.82 Å². The van der Waals surface area contributed by atoms with Crippen molar-refractivity contribution >= 4 is 11.6 Å². The molecule has 24 heavy (non-hydrogen) atoms. The Bertz CT molecular complexity index is 792. The zero-order valence-electron chi connectivity index (χ0n) is 13.2. The first-order valence-corrected chi connectivity index (χ1v) is 8.09. The minimum absolute atomic E-state index is 0.269. The summed E-state index contributed by atoms with van der Waals surface area (Å²) in [5, 5.41) is 11.5. The number of halogens is 2. The molecule has 1 atom stereocenters. The number of hydrogen-bond donors (Lipinski definition) is 1. The molecule has 2 aromatic carbocycles. The number of alkyl halides is 1. The van der Waals surface area contributed by atoms with Crippen LogP contribution in [0.15, 0.2) is 59.0 Å². The van der Waals surface area contributed by atoms with Crippen LogP contribution in [0.5, 0.6) is 0 Å². The second-order valence-corrected chi connectivity index (χ2v) is 5.99. The average Bonchev–Trinajstić information content (AvgIpc) is 3.12. The first kappa shape index (κ1) is 16.6. The highest BCUT2D eigenvalue weighted by molar-refractivity contribution is 6.18. The molecule has 0 aliphatic rings. The molecule has 4 nitrogen and oxygen atoms in total. The quantitative estimate of drug-likeness (QED) is 0.683. The Morgan fingerprint density at radius 1 is 1.08 bits per heavy atom. The van der Waals surface area contributed by atoms with E-state index >= 15 is 0 Å². The number of nitrogens with zero attached hydrogens (tertiary/aromatic N) is 2. The lowest BCUT2D eigenvalue weighted by Crippen LogP contribution is -2.41. The van der Waals surface area contributed by atoms with Gasteiger partial charge in [-0.25, -0.2) is 4.39 Å². The van der Waals surface area contributed by atoms with Crippen molar-refractivity contribution in [3.8, 4) is 11.5 Å². The van der Waals surface area contributed by atoms with Crippen LogP contribution in [-0.4, -0.2) is 16.1 Å². The van der Waals surface area contributed by atoms with Gasteiger partial charge in [-0.05, 0) is 36.8 Å². The molecule has 124 valence electrons. The van der Waals surface area contributed by atoms with Crippen LogP contribution in [0.1, 0.15) is 18.4 Å². The standard InChI is InChI=1S/C18H17ClFN3O/c1-18(12-19,21-11-13-5-3-2-4-6-13)17-23-22-16(24-17)14-7-9-15(20)10-8-14/h2-10,21H,11-12H2,1H3. The molecule has 0 amide bonds. The van der Waals surface area contributed by atoms with E-state index in [4.69, 9.17) is 16.0 Å². The molecule has 3 aromatic rings. The predicted octanol–water partition coefficient (Wildman–Crippen LogP) is 4.12. The van der Waals surface area contributed by atoms with Gasteiger partial charge in [0.2, 0.25) is 11.8 Å². The van der Waals surface area contributed by atoms with E-state index < -0.39 is 5.54 Å². The van der Waals surface area contributed by atoms with Crippen LogP contribution in [-0.2, 0) is 12.1 Å². The lowest BCUT2D eigenvalue weighted by atomic mass is 10.0. The van der Waals surface area contributed by atoms with E-state index in [2.05, 4.69) is 15.5 Å². The number of nitrogens with one attached hydrogen (secondary N) is 1. The van der Waals surface area contributed by atoms with Gasteiger partial charge in [-0.1, -0.05) is 30.3 Å². The predicted molar refractivity (Wildman–Crippen MR) is 91.0 cm³/mol. The van der Waals surface area contributed by atoms with E-state index in [1.807, 2.05) is 37.3 Å². The summed E-state index contributed by atoms with van der Waals surface area (Å²) in [5.41, 5.74) is 1.13. The average molecular weight is 346 g/mol. The van der Waals surface area contributed by atoms with Crippen molar-refractivity contribution < 1.29 is 8.81 Å². The van der Waals surface area contributed by atoms with Crippen molar-refractivity contribution in [2.45, 2.75) is 19.0 Å². The molecule has 0 aliphatic heterocycles. The van der Waals surface area contributed by atoms with E-state index in [0.29, 0.717) is 23.9 Å². The minimum Gasteiger partial charge on any atom is -0.419 e. The van der Waals surface area contributed by atoms with Crippen LogP contribution in [0.3, 0.4) is 0 Å². The van der Waals surface area contributed by atoms with Gasteiger partial charge in [0, 0.05) is 18.0 Å². The maximum Gasteiger partial charge on any atom is 0.247 e. The molecule has 1 unspecified atom stereocenters. The summed E-state index contributed by atoms with van der Waals surface area (Å²) in [7, 11) is 0. The second kappa shape index (κ2) is 7.11. The number of aromatic nitrogens is 2. The lowest BCUT2D eigenvalue weighted by molar-refractivity contribution is 0.313. The topological polar surface area (TPSA) is 51.0 Å². The number of hydrogen-bond acceptors (Lipinski definition) is 4. The van der Waals surface area contributed by atoms with Gasteiger partial charge in [-0.15, -0.1) is 21.8 Å². The Balaban J connectivity index is 1.79. The van der Waals surface area contributed by atoms with Crippen molar-refractivity contribution in [3.05, 3.63) is 71.9 Å². The fourth-order valence-electron chi connectivity index (χ4n) is 2.23. The zero-order chi connectivity index (χ0) is 17.0. The van der Waals surface area contributed by atoms with Crippen molar-refractivity contribution in [2.75, 3.05) is 5.88 Å². The van der Waals surface area contributed by atoms with Gasteiger partial charge in [0.15, 0.2) is 0 Å². The minimum atomic E-state index is -0.664. The fourth-order valence-corrected chi connectivity index (χ4v) is 2.44. The summed E-state index contributed by atoms with van der Waals surface area (Å²) in [6.07, 6.45) is 0. The van der Waals surface area contributed by atoms with E-state index in [1.54, 1.807) is 12.1 Å². The van der Waals surface area contributed by atoms with E-state index in [-0.39, 0.29) is 11.7 Å². The van der Waals surface area contributed by atoms with Gasteiger partial charge >= 0.3 is 0 Å². The maximum absolute atomic E-state index is 13.0. The van der Waals surface area contributed by atoms with Crippen molar-refractivity contribution in [2.24, 2.45) is 0 Å². The van der Waals surface area contributed by atoms with Crippen LogP contribution >= 0.6 is 11.6 Å². The molecule has 1 N–H and O–H groups in total. The van der Waals surface area contributed by atoms with Gasteiger partial charge in [0.25, 0.3) is 0 Å². The molecule has 0 radical (unpaired) electrons. The normalized spacial score (nSPS) is 13.6. The molecule has 0 aliphatic carbocycles. The van der Waals surface area contributed by atoms with Crippen LogP contribution in [0.2, 0.25) is 0 Å². The Hall–Kier alpha value is -2.24. The molecule has 0 spiro atoms. The Morgan fingerprint density at radius 2 is 1.79 bits per heavy atom. The summed E-state index contributed by atoms with van der Waals surface area (Å²) < 4.78 is 18.8. The lowest BCUT2D eigenvalue weighted by Gasteiger charge is -2.24. The van der Waals surface area contributed by atoms with Gasteiger partial charge in [0.05, 0.1) is 0 Å². The third kappa shape index (κ3) is 3.63. The Labute approximate surface area is 144 Å². The molecule has 6 heteroatoms. The van der Waals surface area contributed by atoms with E-state index in [1.165, 1.54) is 12.1 Å². The van der Waals surface area contributed by atoms with E-state index in [9.17, 15) is 4.39 Å². The zero-order valence-corrected chi connectivity index (χ0v) is 13.9. The highest BCUT2D eigenvalue weighted by Crippen LogP contribution is 2.26. The van der Waals surface area contributed by atoms with E-state index in [0.717, 1.165) is 5.56 Å². The first-order valence-electron chi connectivity index (χ1n) is 7.55. The molecule has 1 heterocycles. The summed E-state index contributed by atoms with van der Waals surface area (Å²) in [6, 6.07) is 15.9. The molecule has 1 aromatic heterocycles.